The molecule has 0 saturated heterocycles. The minimum atomic E-state index is -0.423. The third-order valence-electron chi connectivity index (χ3n) is 2.30. The van der Waals surface area contributed by atoms with E-state index < -0.39 is 5.82 Å². The lowest BCUT2D eigenvalue weighted by molar-refractivity contribution is -0.119. The van der Waals surface area contributed by atoms with Crippen molar-refractivity contribution in [1.82, 2.24) is 25.5 Å². The average molecular weight is 295 g/mol. The lowest BCUT2D eigenvalue weighted by atomic mass is 10.3. The molecule has 0 unspecified atom stereocenters. The van der Waals surface area contributed by atoms with E-state index in [4.69, 9.17) is 0 Å². The van der Waals surface area contributed by atoms with E-state index in [1.54, 1.807) is 18.2 Å². The molecule has 0 bridgehead atoms. The summed E-state index contributed by atoms with van der Waals surface area (Å²) in [4.78, 5) is 11.6. The number of rotatable bonds is 5. The Kier molecular flexibility index (Phi) is 4.67. The van der Waals surface area contributed by atoms with Crippen LogP contribution in [0.4, 0.5) is 4.39 Å². The van der Waals surface area contributed by atoms with Crippen molar-refractivity contribution in [3.05, 3.63) is 30.1 Å². The molecule has 0 atom stereocenters. The standard InChI is InChI=1S/C12H14FN5OS/c1-8(2)14-11(19)7-20-12-15-16-17-18(12)10-6-4-3-5-9(10)13/h3-6,8H,7H2,1-2H3,(H,14,19). The van der Waals surface area contributed by atoms with Gasteiger partial charge in [-0.1, -0.05) is 23.9 Å². The summed E-state index contributed by atoms with van der Waals surface area (Å²) in [5.41, 5.74) is 0.254. The number of halogens is 1. The predicted octanol–water partition coefficient (Wildman–Crippen LogP) is 1.42. The van der Waals surface area contributed by atoms with Gasteiger partial charge in [0.1, 0.15) is 11.5 Å². The summed E-state index contributed by atoms with van der Waals surface area (Å²) in [5, 5.41) is 14.2. The highest BCUT2D eigenvalue weighted by atomic mass is 32.2. The van der Waals surface area contributed by atoms with Crippen molar-refractivity contribution in [2.24, 2.45) is 0 Å². The fourth-order valence-electron chi connectivity index (χ4n) is 1.54. The molecule has 1 N–H and O–H groups in total. The van der Waals surface area contributed by atoms with E-state index in [0.717, 1.165) is 11.8 Å². The van der Waals surface area contributed by atoms with E-state index in [0.29, 0.717) is 5.16 Å². The van der Waals surface area contributed by atoms with Crippen LogP contribution in [0.25, 0.3) is 5.69 Å². The smallest absolute Gasteiger partial charge is 0.230 e. The van der Waals surface area contributed by atoms with Gasteiger partial charge in [-0.2, -0.15) is 4.68 Å². The highest BCUT2D eigenvalue weighted by Gasteiger charge is 2.14. The van der Waals surface area contributed by atoms with Gasteiger partial charge in [0.2, 0.25) is 11.1 Å². The summed E-state index contributed by atoms with van der Waals surface area (Å²) in [6, 6.07) is 6.26. The molecule has 20 heavy (non-hydrogen) atoms. The van der Waals surface area contributed by atoms with Crippen molar-refractivity contribution in [2.75, 3.05) is 5.75 Å². The third kappa shape index (κ3) is 3.53. The fraction of sp³-hybridized carbons (Fsp3) is 0.333. The lowest BCUT2D eigenvalue weighted by Gasteiger charge is -2.08. The van der Waals surface area contributed by atoms with E-state index in [2.05, 4.69) is 20.8 Å². The van der Waals surface area contributed by atoms with Gasteiger partial charge in [0, 0.05) is 6.04 Å². The van der Waals surface area contributed by atoms with Crippen LogP contribution in [0.5, 0.6) is 0 Å². The summed E-state index contributed by atoms with van der Waals surface area (Å²) in [5.74, 6) is -0.367. The second kappa shape index (κ2) is 6.47. The Morgan fingerprint density at radius 1 is 1.45 bits per heavy atom. The van der Waals surface area contributed by atoms with E-state index >= 15 is 0 Å². The molecule has 1 aromatic heterocycles. The minimum absolute atomic E-state index is 0.0747. The van der Waals surface area contributed by atoms with Gasteiger partial charge in [-0.15, -0.1) is 5.10 Å². The van der Waals surface area contributed by atoms with Crippen LogP contribution in [0.2, 0.25) is 0 Å². The Morgan fingerprint density at radius 3 is 2.90 bits per heavy atom. The molecule has 1 amide bonds. The molecule has 0 radical (unpaired) electrons. The van der Waals surface area contributed by atoms with Crippen molar-refractivity contribution in [3.8, 4) is 5.69 Å². The van der Waals surface area contributed by atoms with E-state index in [-0.39, 0.29) is 23.4 Å². The van der Waals surface area contributed by atoms with E-state index in [1.807, 2.05) is 13.8 Å². The summed E-state index contributed by atoms with van der Waals surface area (Å²) in [6.07, 6.45) is 0. The first kappa shape index (κ1) is 14.4. The second-order valence-corrected chi connectivity index (χ2v) is 5.28. The van der Waals surface area contributed by atoms with Crippen molar-refractivity contribution in [2.45, 2.75) is 25.0 Å². The van der Waals surface area contributed by atoms with Gasteiger partial charge in [-0.25, -0.2) is 4.39 Å². The zero-order valence-electron chi connectivity index (χ0n) is 11.1. The molecule has 0 spiro atoms. The first-order chi connectivity index (χ1) is 9.58. The largest absolute Gasteiger partial charge is 0.353 e. The van der Waals surface area contributed by atoms with Crippen LogP contribution in [-0.4, -0.2) is 37.9 Å². The van der Waals surface area contributed by atoms with Crippen LogP contribution in [0.1, 0.15) is 13.8 Å². The monoisotopic (exact) mass is 295 g/mol. The predicted molar refractivity (Wildman–Crippen MR) is 73.1 cm³/mol. The van der Waals surface area contributed by atoms with Gasteiger partial charge in [0.15, 0.2) is 0 Å². The molecule has 106 valence electrons. The zero-order chi connectivity index (χ0) is 14.5. The topological polar surface area (TPSA) is 72.7 Å². The first-order valence-corrected chi connectivity index (χ1v) is 7.02. The number of carbonyl (C=O) groups is 1. The SMILES string of the molecule is CC(C)NC(=O)CSc1nnnn1-c1ccccc1F. The van der Waals surface area contributed by atoms with E-state index in [1.165, 1.54) is 10.7 Å². The van der Waals surface area contributed by atoms with Crippen LogP contribution in [0, 0.1) is 5.82 Å². The molecule has 2 aromatic rings. The van der Waals surface area contributed by atoms with Crippen LogP contribution in [0.15, 0.2) is 29.4 Å². The number of benzene rings is 1. The number of nitrogens with one attached hydrogen (secondary N) is 1. The first-order valence-electron chi connectivity index (χ1n) is 6.03. The van der Waals surface area contributed by atoms with Gasteiger partial charge in [-0.05, 0) is 36.4 Å². The molecule has 0 aliphatic heterocycles. The summed E-state index contributed by atoms with van der Waals surface area (Å²) < 4.78 is 15.0. The molecule has 0 aliphatic carbocycles. The number of amides is 1. The molecule has 0 saturated carbocycles. The Morgan fingerprint density at radius 2 is 2.20 bits per heavy atom. The normalized spacial score (nSPS) is 10.8. The number of carbonyl (C=O) groups excluding carboxylic acids is 1. The quantitative estimate of drug-likeness (QED) is 0.845. The van der Waals surface area contributed by atoms with Gasteiger partial charge in [-0.3, -0.25) is 4.79 Å². The molecule has 2 rings (SSSR count). The van der Waals surface area contributed by atoms with Gasteiger partial charge in [0.05, 0.1) is 5.75 Å². The maximum Gasteiger partial charge on any atom is 0.230 e. The van der Waals surface area contributed by atoms with Crippen molar-refractivity contribution >= 4 is 17.7 Å². The number of nitrogens with zero attached hydrogens (tertiary/aromatic N) is 4. The minimum Gasteiger partial charge on any atom is -0.353 e. The van der Waals surface area contributed by atoms with Gasteiger partial charge < -0.3 is 5.32 Å². The maximum atomic E-state index is 13.7. The number of hydrogen-bond acceptors (Lipinski definition) is 5. The van der Waals surface area contributed by atoms with Gasteiger partial charge >= 0.3 is 0 Å². The Bertz CT molecular complexity index is 601. The van der Waals surface area contributed by atoms with Crippen molar-refractivity contribution in [1.29, 1.82) is 0 Å². The zero-order valence-corrected chi connectivity index (χ0v) is 11.9. The van der Waals surface area contributed by atoms with Crippen LogP contribution in [0.3, 0.4) is 0 Å². The average Bonchev–Trinajstić information content (AvgIpc) is 2.84. The van der Waals surface area contributed by atoms with Crippen molar-refractivity contribution < 1.29 is 9.18 Å². The highest BCUT2D eigenvalue weighted by molar-refractivity contribution is 7.99. The summed E-state index contributed by atoms with van der Waals surface area (Å²) >= 11 is 1.16. The molecule has 6 nitrogen and oxygen atoms in total. The van der Waals surface area contributed by atoms with Gasteiger partial charge in [0.25, 0.3) is 0 Å². The molecule has 8 heteroatoms. The fourth-order valence-corrected chi connectivity index (χ4v) is 2.23. The maximum absolute atomic E-state index is 13.7. The van der Waals surface area contributed by atoms with Crippen LogP contribution in [-0.2, 0) is 4.79 Å². The third-order valence-corrected chi connectivity index (χ3v) is 3.22. The summed E-state index contributed by atoms with van der Waals surface area (Å²) in [7, 11) is 0. The molecule has 0 fully saturated rings. The Labute approximate surface area is 119 Å². The molecule has 1 heterocycles. The van der Waals surface area contributed by atoms with Crippen LogP contribution >= 0.6 is 11.8 Å². The van der Waals surface area contributed by atoms with E-state index in [9.17, 15) is 9.18 Å². The number of hydrogen-bond donors (Lipinski definition) is 1. The molecule has 1 aromatic carbocycles. The number of thioether (sulfide) groups is 1. The molecule has 0 aliphatic rings. The Hall–Kier alpha value is -1.96. The van der Waals surface area contributed by atoms with Crippen LogP contribution < -0.4 is 5.32 Å². The number of para-hydroxylation sites is 1. The number of tetrazole rings is 1. The lowest BCUT2D eigenvalue weighted by Crippen LogP contribution is -2.31. The second-order valence-electron chi connectivity index (χ2n) is 4.34. The van der Waals surface area contributed by atoms with Crippen molar-refractivity contribution in [3.63, 3.8) is 0 Å². The highest BCUT2D eigenvalue weighted by Crippen LogP contribution is 2.19. The molecular weight excluding hydrogens is 281 g/mol. The summed E-state index contributed by atoms with van der Waals surface area (Å²) in [6.45, 7) is 3.76. The number of aromatic nitrogens is 4. The molecular formula is C12H14FN5OS. The Balaban J connectivity index is 2.10.